The molecule has 0 saturated heterocycles. The Bertz CT molecular complexity index is 747. The zero-order valence-electron chi connectivity index (χ0n) is 11.5. The van der Waals surface area contributed by atoms with Crippen LogP contribution in [-0.2, 0) is 6.54 Å². The number of para-hydroxylation sites is 1. The monoisotopic (exact) mass is 282 g/mol. The van der Waals surface area contributed by atoms with E-state index >= 15 is 0 Å². The van der Waals surface area contributed by atoms with Crippen LogP contribution in [0, 0.1) is 6.92 Å². The van der Waals surface area contributed by atoms with E-state index in [0.717, 1.165) is 11.3 Å². The second-order valence-corrected chi connectivity index (χ2v) is 4.55. The van der Waals surface area contributed by atoms with Gasteiger partial charge >= 0.3 is 0 Å². The number of hydrogen-bond donors (Lipinski definition) is 1. The van der Waals surface area contributed by atoms with Crippen LogP contribution in [0.3, 0.4) is 0 Å². The highest BCUT2D eigenvalue weighted by molar-refractivity contribution is 5.92. The van der Waals surface area contributed by atoms with Crippen molar-refractivity contribution in [2.45, 2.75) is 13.5 Å². The highest BCUT2D eigenvalue weighted by Gasteiger charge is 2.14. The van der Waals surface area contributed by atoms with Gasteiger partial charge in [-0.2, -0.15) is 0 Å². The highest BCUT2D eigenvalue weighted by atomic mass is 16.3. The molecule has 0 aliphatic carbocycles. The molecule has 0 saturated carbocycles. The summed E-state index contributed by atoms with van der Waals surface area (Å²) in [7, 11) is 0. The van der Waals surface area contributed by atoms with Gasteiger partial charge in [0.25, 0.3) is 5.91 Å². The maximum Gasteiger partial charge on any atom is 0.289 e. The molecule has 1 amide bonds. The Morgan fingerprint density at radius 1 is 1.38 bits per heavy atom. The van der Waals surface area contributed by atoms with Gasteiger partial charge in [0.1, 0.15) is 0 Å². The van der Waals surface area contributed by atoms with E-state index in [1.54, 1.807) is 19.4 Å². The molecule has 6 heteroatoms. The fraction of sp³-hybridized carbons (Fsp3) is 0.133. The summed E-state index contributed by atoms with van der Waals surface area (Å²) in [5.74, 6) is -0.0273. The third-order valence-corrected chi connectivity index (χ3v) is 3.17. The first kappa shape index (κ1) is 13.1. The van der Waals surface area contributed by atoms with Crippen molar-refractivity contribution >= 4 is 5.91 Å². The summed E-state index contributed by atoms with van der Waals surface area (Å²) >= 11 is 0. The zero-order chi connectivity index (χ0) is 14.7. The van der Waals surface area contributed by atoms with E-state index in [4.69, 9.17) is 4.42 Å². The van der Waals surface area contributed by atoms with E-state index < -0.39 is 0 Å². The van der Waals surface area contributed by atoms with Gasteiger partial charge in [-0.15, -0.1) is 0 Å². The van der Waals surface area contributed by atoms with Crippen molar-refractivity contribution in [3.8, 4) is 5.69 Å². The number of oxazole rings is 1. The predicted molar refractivity (Wildman–Crippen MR) is 76.0 cm³/mol. The van der Waals surface area contributed by atoms with Crippen LogP contribution in [-0.4, -0.2) is 20.4 Å². The van der Waals surface area contributed by atoms with Crippen LogP contribution in [0.2, 0.25) is 0 Å². The summed E-state index contributed by atoms with van der Waals surface area (Å²) in [6.07, 6.45) is 6.57. The topological polar surface area (TPSA) is 73.0 Å². The predicted octanol–water partition coefficient (Wildman–Crippen LogP) is 2.10. The average Bonchev–Trinajstić information content (AvgIpc) is 3.16. The molecule has 106 valence electrons. The number of aryl methyl sites for hydroxylation is 1. The summed E-state index contributed by atoms with van der Waals surface area (Å²) < 4.78 is 6.98. The van der Waals surface area contributed by atoms with Gasteiger partial charge in [0.2, 0.25) is 5.76 Å². The van der Waals surface area contributed by atoms with Crippen LogP contribution in [0.4, 0.5) is 0 Å². The third-order valence-electron chi connectivity index (χ3n) is 3.17. The molecular formula is C15H14N4O2. The van der Waals surface area contributed by atoms with E-state index in [1.165, 1.54) is 6.39 Å². The minimum absolute atomic E-state index is 0.245. The second-order valence-electron chi connectivity index (χ2n) is 4.55. The maximum absolute atomic E-state index is 12.0. The number of rotatable bonds is 4. The van der Waals surface area contributed by atoms with Crippen molar-refractivity contribution in [3.63, 3.8) is 0 Å². The Kier molecular flexibility index (Phi) is 3.51. The molecule has 0 aliphatic heterocycles. The summed E-state index contributed by atoms with van der Waals surface area (Å²) in [5, 5.41) is 2.84. The van der Waals surface area contributed by atoms with E-state index in [0.29, 0.717) is 12.2 Å². The van der Waals surface area contributed by atoms with Crippen molar-refractivity contribution in [2.24, 2.45) is 0 Å². The second kappa shape index (κ2) is 5.62. The lowest BCUT2D eigenvalue weighted by Crippen LogP contribution is -2.23. The summed E-state index contributed by atoms with van der Waals surface area (Å²) in [4.78, 5) is 20.0. The summed E-state index contributed by atoms with van der Waals surface area (Å²) in [5.41, 5.74) is 2.54. The smallest absolute Gasteiger partial charge is 0.289 e. The van der Waals surface area contributed by atoms with Crippen LogP contribution in [0.1, 0.15) is 21.8 Å². The van der Waals surface area contributed by atoms with Gasteiger partial charge in [0.15, 0.2) is 6.39 Å². The molecule has 2 aromatic heterocycles. The van der Waals surface area contributed by atoms with Gasteiger partial charge < -0.3 is 14.3 Å². The van der Waals surface area contributed by atoms with Gasteiger partial charge in [-0.3, -0.25) is 4.79 Å². The van der Waals surface area contributed by atoms with Crippen LogP contribution in [0.25, 0.3) is 5.69 Å². The molecule has 0 atom stereocenters. The molecule has 6 nitrogen and oxygen atoms in total. The minimum atomic E-state index is -0.273. The largest absolute Gasteiger partial charge is 0.438 e. The van der Waals surface area contributed by atoms with Gasteiger partial charge in [-0.05, 0) is 18.6 Å². The minimum Gasteiger partial charge on any atom is -0.438 e. The number of amides is 1. The third kappa shape index (κ3) is 2.69. The Morgan fingerprint density at radius 2 is 2.24 bits per heavy atom. The summed E-state index contributed by atoms with van der Waals surface area (Å²) in [6, 6.07) is 7.81. The number of benzene rings is 1. The molecule has 0 fully saturated rings. The highest BCUT2D eigenvalue weighted by Crippen LogP contribution is 2.14. The van der Waals surface area contributed by atoms with Gasteiger partial charge in [-0.25, -0.2) is 9.97 Å². The number of imidazole rings is 1. The molecule has 1 N–H and O–H groups in total. The number of carbonyl (C=O) groups excluding carboxylic acids is 1. The van der Waals surface area contributed by atoms with Crippen LogP contribution >= 0.6 is 0 Å². The van der Waals surface area contributed by atoms with Gasteiger partial charge in [-0.1, -0.05) is 18.2 Å². The number of carbonyl (C=O) groups is 1. The zero-order valence-corrected chi connectivity index (χ0v) is 11.5. The molecule has 0 bridgehead atoms. The molecule has 2 heterocycles. The van der Waals surface area contributed by atoms with E-state index in [-0.39, 0.29) is 11.7 Å². The molecule has 3 aromatic rings. The average molecular weight is 282 g/mol. The first-order valence-corrected chi connectivity index (χ1v) is 6.50. The normalized spacial score (nSPS) is 10.5. The van der Waals surface area contributed by atoms with Crippen molar-refractivity contribution in [1.82, 2.24) is 19.9 Å². The van der Waals surface area contributed by atoms with Crippen LogP contribution in [0.15, 0.2) is 53.8 Å². The molecule has 1 aromatic carbocycles. The molecule has 0 radical (unpaired) electrons. The van der Waals surface area contributed by atoms with Crippen LogP contribution in [0.5, 0.6) is 0 Å². The van der Waals surface area contributed by atoms with Gasteiger partial charge in [0, 0.05) is 18.9 Å². The number of nitrogens with one attached hydrogen (secondary N) is 1. The SMILES string of the molecule is Cc1ncoc1C(=O)NCc1ccccc1-n1ccnc1. The Balaban J connectivity index is 1.77. The number of hydrogen-bond acceptors (Lipinski definition) is 4. The first-order valence-electron chi connectivity index (χ1n) is 6.50. The molecular weight excluding hydrogens is 268 g/mol. The van der Waals surface area contributed by atoms with E-state index in [9.17, 15) is 4.79 Å². The lowest BCUT2D eigenvalue weighted by molar-refractivity contribution is 0.0922. The fourth-order valence-corrected chi connectivity index (χ4v) is 2.09. The molecule has 0 unspecified atom stereocenters. The lowest BCUT2D eigenvalue weighted by Gasteiger charge is -2.10. The van der Waals surface area contributed by atoms with E-state index in [1.807, 2.05) is 35.0 Å². The Hall–Kier alpha value is -2.89. The Labute approximate surface area is 121 Å². The maximum atomic E-state index is 12.0. The molecule has 3 rings (SSSR count). The molecule has 0 aliphatic rings. The van der Waals surface area contributed by atoms with Gasteiger partial charge in [0.05, 0.1) is 17.7 Å². The van der Waals surface area contributed by atoms with Crippen molar-refractivity contribution in [3.05, 3.63) is 66.4 Å². The summed E-state index contributed by atoms with van der Waals surface area (Å²) in [6.45, 7) is 2.13. The fourth-order valence-electron chi connectivity index (χ4n) is 2.09. The number of aromatic nitrogens is 3. The first-order chi connectivity index (χ1) is 10.3. The quantitative estimate of drug-likeness (QED) is 0.795. The molecule has 21 heavy (non-hydrogen) atoms. The van der Waals surface area contributed by atoms with Crippen molar-refractivity contribution in [2.75, 3.05) is 0 Å². The van der Waals surface area contributed by atoms with Crippen LogP contribution < -0.4 is 5.32 Å². The van der Waals surface area contributed by atoms with Crippen molar-refractivity contribution in [1.29, 1.82) is 0 Å². The lowest BCUT2D eigenvalue weighted by atomic mass is 10.1. The van der Waals surface area contributed by atoms with E-state index in [2.05, 4.69) is 15.3 Å². The standard InChI is InChI=1S/C15H14N4O2/c1-11-14(21-10-18-11)15(20)17-8-12-4-2-3-5-13(12)19-7-6-16-9-19/h2-7,9-10H,8H2,1H3,(H,17,20). The van der Waals surface area contributed by atoms with Crippen molar-refractivity contribution < 1.29 is 9.21 Å². The Morgan fingerprint density at radius 3 is 2.95 bits per heavy atom. The molecule has 0 spiro atoms. The number of nitrogens with zero attached hydrogens (tertiary/aromatic N) is 3.